The summed E-state index contributed by atoms with van der Waals surface area (Å²) < 4.78 is 5.46. The van der Waals surface area contributed by atoms with Gasteiger partial charge in [0.2, 0.25) is 5.91 Å². The molecule has 0 rings (SSSR count). The molecule has 0 aliphatic heterocycles. The number of rotatable bonds is 52. The summed E-state index contributed by atoms with van der Waals surface area (Å²) in [7, 11) is 0. The van der Waals surface area contributed by atoms with Crippen molar-refractivity contribution in [2.24, 2.45) is 0 Å². The Kier molecular flexibility index (Phi) is 52.1. The van der Waals surface area contributed by atoms with Crippen LogP contribution in [0.2, 0.25) is 0 Å². The molecular weight excluding hydrogens is 791 g/mol. The summed E-state index contributed by atoms with van der Waals surface area (Å²) in [6, 6.07) is -0.630. The largest absolute Gasteiger partial charge is 0.466 e. The van der Waals surface area contributed by atoms with Gasteiger partial charge in [-0.2, -0.15) is 0 Å². The van der Waals surface area contributed by atoms with Crippen molar-refractivity contribution in [2.45, 2.75) is 309 Å². The molecular formula is C58H109NO5. The molecule has 0 aromatic carbocycles. The van der Waals surface area contributed by atoms with Crippen LogP contribution in [0.1, 0.15) is 296 Å². The minimum absolute atomic E-state index is 0.00140. The number of amides is 1. The Bertz CT molecular complexity index is 1040. The highest BCUT2D eigenvalue weighted by atomic mass is 16.5. The van der Waals surface area contributed by atoms with Crippen LogP contribution in [0.3, 0.4) is 0 Å². The average Bonchev–Trinajstić information content (AvgIpc) is 3.29. The van der Waals surface area contributed by atoms with Crippen LogP contribution in [0, 0.1) is 0 Å². The number of ether oxygens (including phenoxy) is 1. The molecule has 0 radical (unpaired) electrons. The Labute approximate surface area is 398 Å². The first-order valence-electron chi connectivity index (χ1n) is 28.3. The number of unbranched alkanes of at least 4 members (excludes halogenated alkanes) is 37. The van der Waals surface area contributed by atoms with Gasteiger partial charge in [-0.1, -0.05) is 237 Å². The zero-order valence-corrected chi connectivity index (χ0v) is 42.8. The predicted molar refractivity (Wildman–Crippen MR) is 278 cm³/mol. The maximum atomic E-state index is 12.4. The van der Waals surface area contributed by atoms with Gasteiger partial charge in [-0.05, 0) is 83.5 Å². The lowest BCUT2D eigenvalue weighted by Crippen LogP contribution is -2.45. The van der Waals surface area contributed by atoms with Crippen molar-refractivity contribution in [1.29, 1.82) is 0 Å². The molecule has 0 saturated heterocycles. The monoisotopic (exact) mass is 900 g/mol. The third-order valence-corrected chi connectivity index (χ3v) is 12.9. The molecule has 64 heavy (non-hydrogen) atoms. The third kappa shape index (κ3) is 49.5. The second-order valence-electron chi connectivity index (χ2n) is 19.3. The summed E-state index contributed by atoms with van der Waals surface area (Å²) in [4.78, 5) is 24.4. The minimum Gasteiger partial charge on any atom is -0.466 e. The number of hydrogen-bond donors (Lipinski definition) is 3. The molecule has 0 aromatic rings. The number of nitrogens with one attached hydrogen (secondary N) is 1. The van der Waals surface area contributed by atoms with E-state index in [2.05, 4.69) is 43.5 Å². The second kappa shape index (κ2) is 53.7. The fourth-order valence-corrected chi connectivity index (χ4v) is 8.50. The normalized spacial score (nSPS) is 12.9. The molecule has 6 heteroatoms. The zero-order chi connectivity index (χ0) is 46.5. The van der Waals surface area contributed by atoms with Crippen LogP contribution < -0.4 is 5.32 Å². The van der Waals surface area contributed by atoms with Gasteiger partial charge in [-0.3, -0.25) is 9.59 Å². The second-order valence-corrected chi connectivity index (χ2v) is 19.3. The van der Waals surface area contributed by atoms with Crippen LogP contribution >= 0.6 is 0 Å². The van der Waals surface area contributed by atoms with Crippen molar-refractivity contribution in [3.05, 3.63) is 36.5 Å². The van der Waals surface area contributed by atoms with Crippen molar-refractivity contribution in [3.8, 4) is 0 Å². The summed E-state index contributed by atoms with van der Waals surface area (Å²) >= 11 is 0. The van der Waals surface area contributed by atoms with Crippen molar-refractivity contribution < 1.29 is 24.5 Å². The first-order chi connectivity index (χ1) is 31.5. The standard InChI is InChI=1S/C58H109NO5/c1-3-5-7-9-11-13-15-32-36-40-44-48-52-58(63)64-53-49-45-41-37-33-29-27-25-23-21-19-17-16-18-20-22-24-26-28-31-35-39-43-47-51-57(62)59-55(54-60)56(61)50-46-42-38-34-30-14-12-10-8-6-4-2/h11,13,18,20,46,50,55-56,60-61H,3-10,12,14-17,19,21-45,47-49,51-54H2,1-2H3,(H,59,62)/b13-11-,20-18-,50-46+. The Hall–Kier alpha value is -1.92. The smallest absolute Gasteiger partial charge is 0.305 e. The molecule has 3 N–H and O–H groups in total. The molecule has 0 aliphatic carbocycles. The van der Waals surface area contributed by atoms with Crippen LogP contribution in [0.15, 0.2) is 36.5 Å². The number of allylic oxidation sites excluding steroid dienone is 5. The van der Waals surface area contributed by atoms with E-state index in [-0.39, 0.29) is 18.5 Å². The Morgan fingerprint density at radius 3 is 1.14 bits per heavy atom. The highest BCUT2D eigenvalue weighted by Gasteiger charge is 2.18. The highest BCUT2D eigenvalue weighted by Crippen LogP contribution is 2.16. The molecule has 0 bridgehead atoms. The van der Waals surface area contributed by atoms with E-state index < -0.39 is 12.1 Å². The number of aliphatic hydroxyl groups excluding tert-OH is 2. The number of esters is 1. The first-order valence-corrected chi connectivity index (χ1v) is 28.3. The minimum atomic E-state index is -0.846. The van der Waals surface area contributed by atoms with Gasteiger partial charge < -0.3 is 20.3 Å². The molecule has 0 aromatic heterocycles. The van der Waals surface area contributed by atoms with Crippen LogP contribution in [-0.4, -0.2) is 47.4 Å². The summed E-state index contributed by atoms with van der Waals surface area (Å²) in [5, 5.41) is 23.0. The molecule has 0 saturated carbocycles. The van der Waals surface area contributed by atoms with Gasteiger partial charge in [0.15, 0.2) is 0 Å². The van der Waals surface area contributed by atoms with E-state index in [1.165, 1.54) is 225 Å². The molecule has 0 aliphatic rings. The number of carbonyl (C=O) groups is 2. The lowest BCUT2D eigenvalue weighted by Gasteiger charge is -2.20. The molecule has 0 fully saturated rings. The third-order valence-electron chi connectivity index (χ3n) is 12.9. The molecule has 1 amide bonds. The maximum absolute atomic E-state index is 12.4. The quantitative estimate of drug-likeness (QED) is 0.0321. The Morgan fingerprint density at radius 2 is 0.734 bits per heavy atom. The summed E-state index contributed by atoms with van der Waals surface area (Å²) in [5.74, 6) is -0.0727. The van der Waals surface area contributed by atoms with Crippen LogP contribution in [0.4, 0.5) is 0 Å². The SMILES string of the molecule is CCCCC/C=C\CCCCCCCC(=O)OCCCCCCCCCCCCCC/C=C\CCCCCCCCCCC(=O)NC(CO)C(O)/C=C/CCCCCCCCCCC. The van der Waals surface area contributed by atoms with Gasteiger partial charge >= 0.3 is 5.97 Å². The molecule has 0 heterocycles. The van der Waals surface area contributed by atoms with Gasteiger partial charge in [-0.15, -0.1) is 0 Å². The van der Waals surface area contributed by atoms with Crippen molar-refractivity contribution in [3.63, 3.8) is 0 Å². The lowest BCUT2D eigenvalue weighted by molar-refractivity contribution is -0.143. The Balaban J connectivity index is 3.42. The van der Waals surface area contributed by atoms with E-state index in [9.17, 15) is 19.8 Å². The zero-order valence-electron chi connectivity index (χ0n) is 42.8. The topological polar surface area (TPSA) is 95.9 Å². The van der Waals surface area contributed by atoms with E-state index in [4.69, 9.17) is 4.74 Å². The van der Waals surface area contributed by atoms with Gasteiger partial charge in [0.1, 0.15) is 0 Å². The van der Waals surface area contributed by atoms with Crippen molar-refractivity contribution in [2.75, 3.05) is 13.2 Å². The van der Waals surface area contributed by atoms with Crippen molar-refractivity contribution in [1.82, 2.24) is 5.32 Å². The summed E-state index contributed by atoms with van der Waals surface area (Å²) in [5.41, 5.74) is 0. The van der Waals surface area contributed by atoms with E-state index in [0.29, 0.717) is 19.4 Å². The molecule has 0 spiro atoms. The Morgan fingerprint density at radius 1 is 0.422 bits per heavy atom. The number of carbonyl (C=O) groups excluding carboxylic acids is 2. The lowest BCUT2D eigenvalue weighted by atomic mass is 10.0. The van der Waals surface area contributed by atoms with Gasteiger partial charge in [0.25, 0.3) is 0 Å². The van der Waals surface area contributed by atoms with Gasteiger partial charge in [0, 0.05) is 12.8 Å². The fraction of sp³-hybridized carbons (Fsp3) is 0.862. The van der Waals surface area contributed by atoms with Crippen LogP contribution in [-0.2, 0) is 14.3 Å². The first kappa shape index (κ1) is 62.1. The predicted octanol–water partition coefficient (Wildman–Crippen LogP) is 17.2. The molecule has 6 nitrogen and oxygen atoms in total. The van der Waals surface area contributed by atoms with Crippen molar-refractivity contribution >= 4 is 11.9 Å². The fourth-order valence-electron chi connectivity index (χ4n) is 8.50. The number of hydrogen-bond acceptors (Lipinski definition) is 5. The van der Waals surface area contributed by atoms with E-state index >= 15 is 0 Å². The summed E-state index contributed by atoms with van der Waals surface area (Å²) in [6.07, 6.45) is 66.0. The van der Waals surface area contributed by atoms with Crippen LogP contribution in [0.5, 0.6) is 0 Å². The average molecular weight is 901 g/mol. The highest BCUT2D eigenvalue weighted by molar-refractivity contribution is 5.76. The van der Waals surface area contributed by atoms with Crippen LogP contribution in [0.25, 0.3) is 0 Å². The van der Waals surface area contributed by atoms with Gasteiger partial charge in [0.05, 0.1) is 25.4 Å². The summed E-state index contributed by atoms with van der Waals surface area (Å²) in [6.45, 7) is 4.86. The molecule has 2 unspecified atom stereocenters. The number of aliphatic hydroxyl groups is 2. The molecule has 2 atom stereocenters. The van der Waals surface area contributed by atoms with E-state index in [1.54, 1.807) is 6.08 Å². The van der Waals surface area contributed by atoms with E-state index in [1.807, 2.05) is 6.08 Å². The van der Waals surface area contributed by atoms with Gasteiger partial charge in [-0.25, -0.2) is 0 Å². The van der Waals surface area contributed by atoms with E-state index in [0.717, 1.165) is 44.9 Å². The molecule has 376 valence electrons. The maximum Gasteiger partial charge on any atom is 0.305 e.